The van der Waals surface area contributed by atoms with Crippen molar-refractivity contribution in [3.05, 3.63) is 0 Å². The van der Waals surface area contributed by atoms with Crippen molar-refractivity contribution >= 4 is 0 Å². The van der Waals surface area contributed by atoms with E-state index in [1.54, 1.807) is 0 Å². The summed E-state index contributed by atoms with van der Waals surface area (Å²) in [5.74, 6) is 2.96. The van der Waals surface area contributed by atoms with E-state index in [1.807, 2.05) is 0 Å². The molecule has 1 heterocycles. The third-order valence-electron chi connectivity index (χ3n) is 6.36. The van der Waals surface area contributed by atoms with Crippen molar-refractivity contribution in [1.82, 2.24) is 9.80 Å². The quantitative estimate of drug-likeness (QED) is 0.648. The molecule has 2 nitrogen and oxygen atoms in total. The molecule has 136 valence electrons. The zero-order valence-corrected chi connectivity index (χ0v) is 16.6. The highest BCUT2D eigenvalue weighted by Crippen LogP contribution is 2.34. The lowest BCUT2D eigenvalue weighted by Crippen LogP contribution is -2.53. The molecule has 0 aromatic carbocycles. The summed E-state index contributed by atoms with van der Waals surface area (Å²) in [5, 5.41) is 0. The zero-order chi connectivity index (χ0) is 16.8. The molecule has 0 radical (unpaired) electrons. The van der Waals surface area contributed by atoms with Gasteiger partial charge in [0.25, 0.3) is 0 Å². The summed E-state index contributed by atoms with van der Waals surface area (Å²) in [6, 6.07) is 1.45. The fraction of sp³-hybridized carbons (Fsp3) is 1.00. The van der Waals surface area contributed by atoms with Gasteiger partial charge in [-0.15, -0.1) is 0 Å². The van der Waals surface area contributed by atoms with Crippen LogP contribution in [0.15, 0.2) is 0 Å². The molecule has 2 fully saturated rings. The summed E-state index contributed by atoms with van der Waals surface area (Å²) < 4.78 is 0. The standard InChI is InChI=1S/C21H42N2/c1-17(2)15-21-10-8-20(9-11-21)7-6-12-22-13-14-23(18(3)4)16-19(22)5/h17-21H,6-16H2,1-5H3/t19-,20?,21?/m0/s1. The van der Waals surface area contributed by atoms with E-state index in [0.29, 0.717) is 6.04 Å². The molecule has 1 saturated heterocycles. The highest BCUT2D eigenvalue weighted by Gasteiger charge is 2.25. The van der Waals surface area contributed by atoms with Crippen LogP contribution in [0.4, 0.5) is 0 Å². The summed E-state index contributed by atoms with van der Waals surface area (Å²) in [6.45, 7) is 17.0. The predicted molar refractivity (Wildman–Crippen MR) is 102 cm³/mol. The van der Waals surface area contributed by atoms with E-state index in [2.05, 4.69) is 44.4 Å². The second-order valence-corrected chi connectivity index (χ2v) is 9.13. The summed E-state index contributed by atoms with van der Waals surface area (Å²) in [5.41, 5.74) is 0. The molecule has 0 amide bonds. The van der Waals surface area contributed by atoms with Crippen LogP contribution in [-0.2, 0) is 0 Å². The van der Waals surface area contributed by atoms with Crippen molar-refractivity contribution in [2.75, 3.05) is 26.2 Å². The molecule has 0 N–H and O–H groups in total. The Labute approximate surface area is 146 Å². The number of rotatable bonds is 7. The van der Waals surface area contributed by atoms with Crippen LogP contribution in [0.5, 0.6) is 0 Å². The highest BCUT2D eigenvalue weighted by molar-refractivity contribution is 4.81. The molecule has 1 aliphatic carbocycles. The van der Waals surface area contributed by atoms with E-state index in [4.69, 9.17) is 0 Å². The fourth-order valence-electron chi connectivity index (χ4n) is 4.83. The first-order valence-electron chi connectivity index (χ1n) is 10.4. The van der Waals surface area contributed by atoms with Crippen LogP contribution >= 0.6 is 0 Å². The Bertz CT molecular complexity index is 318. The molecule has 1 atom stereocenters. The lowest BCUT2D eigenvalue weighted by atomic mass is 9.77. The van der Waals surface area contributed by atoms with Gasteiger partial charge in [-0.3, -0.25) is 9.80 Å². The number of hydrogen-bond donors (Lipinski definition) is 0. The largest absolute Gasteiger partial charge is 0.298 e. The van der Waals surface area contributed by atoms with Gasteiger partial charge in [-0.2, -0.15) is 0 Å². The summed E-state index contributed by atoms with van der Waals surface area (Å²) in [6.07, 6.45) is 10.4. The minimum absolute atomic E-state index is 0.709. The molecule has 2 aliphatic rings. The van der Waals surface area contributed by atoms with Crippen molar-refractivity contribution in [2.24, 2.45) is 17.8 Å². The van der Waals surface area contributed by atoms with Gasteiger partial charge in [0.1, 0.15) is 0 Å². The smallest absolute Gasteiger partial charge is 0.0195 e. The van der Waals surface area contributed by atoms with Crippen LogP contribution < -0.4 is 0 Å². The van der Waals surface area contributed by atoms with E-state index in [9.17, 15) is 0 Å². The summed E-state index contributed by atoms with van der Waals surface area (Å²) in [7, 11) is 0. The summed E-state index contributed by atoms with van der Waals surface area (Å²) in [4.78, 5) is 5.38. The van der Waals surface area contributed by atoms with Crippen molar-refractivity contribution in [2.45, 2.75) is 91.6 Å². The Kier molecular flexibility index (Phi) is 7.88. The zero-order valence-electron chi connectivity index (χ0n) is 16.6. The fourth-order valence-corrected chi connectivity index (χ4v) is 4.83. The van der Waals surface area contributed by atoms with Crippen LogP contribution in [0, 0.1) is 17.8 Å². The second kappa shape index (κ2) is 9.42. The van der Waals surface area contributed by atoms with E-state index in [-0.39, 0.29) is 0 Å². The Morgan fingerprint density at radius 3 is 2.13 bits per heavy atom. The molecule has 0 spiro atoms. The van der Waals surface area contributed by atoms with Crippen LogP contribution in [0.1, 0.15) is 79.6 Å². The second-order valence-electron chi connectivity index (χ2n) is 9.13. The molecule has 0 aromatic heterocycles. The van der Waals surface area contributed by atoms with E-state index >= 15 is 0 Å². The first-order valence-corrected chi connectivity index (χ1v) is 10.4. The SMILES string of the molecule is CC(C)CC1CCC(CCCN2CCN(C(C)C)C[C@@H]2C)CC1. The van der Waals surface area contributed by atoms with Gasteiger partial charge in [0.05, 0.1) is 0 Å². The van der Waals surface area contributed by atoms with Crippen molar-refractivity contribution in [1.29, 1.82) is 0 Å². The van der Waals surface area contributed by atoms with Gasteiger partial charge < -0.3 is 0 Å². The average Bonchev–Trinajstić information content (AvgIpc) is 2.50. The minimum Gasteiger partial charge on any atom is -0.298 e. The normalized spacial score (nSPS) is 31.2. The first-order chi connectivity index (χ1) is 11.0. The molecular weight excluding hydrogens is 280 g/mol. The van der Waals surface area contributed by atoms with Crippen molar-refractivity contribution in [3.8, 4) is 0 Å². The molecule has 23 heavy (non-hydrogen) atoms. The third-order valence-corrected chi connectivity index (χ3v) is 6.36. The number of piperazine rings is 1. The predicted octanol–water partition coefficient (Wildman–Crippen LogP) is 5.03. The molecule has 0 aromatic rings. The number of nitrogens with zero attached hydrogens (tertiary/aromatic N) is 2. The summed E-state index contributed by atoms with van der Waals surface area (Å²) >= 11 is 0. The Morgan fingerprint density at radius 1 is 0.913 bits per heavy atom. The molecular formula is C21H42N2. The monoisotopic (exact) mass is 322 g/mol. The van der Waals surface area contributed by atoms with Gasteiger partial charge in [-0.25, -0.2) is 0 Å². The van der Waals surface area contributed by atoms with Crippen LogP contribution in [0.25, 0.3) is 0 Å². The van der Waals surface area contributed by atoms with Gasteiger partial charge in [-0.1, -0.05) is 39.5 Å². The lowest BCUT2D eigenvalue weighted by Gasteiger charge is -2.42. The van der Waals surface area contributed by atoms with E-state index < -0.39 is 0 Å². The lowest BCUT2D eigenvalue weighted by molar-refractivity contribution is 0.0622. The molecule has 0 bridgehead atoms. The first kappa shape index (κ1) is 19.2. The average molecular weight is 323 g/mol. The Morgan fingerprint density at radius 2 is 1.57 bits per heavy atom. The maximum absolute atomic E-state index is 2.74. The molecule has 2 rings (SSSR count). The number of hydrogen-bond acceptors (Lipinski definition) is 2. The Balaban J connectivity index is 1.59. The maximum atomic E-state index is 2.74. The van der Waals surface area contributed by atoms with Crippen LogP contribution in [0.3, 0.4) is 0 Å². The topological polar surface area (TPSA) is 6.48 Å². The van der Waals surface area contributed by atoms with Crippen LogP contribution in [-0.4, -0.2) is 48.1 Å². The molecule has 1 saturated carbocycles. The Hall–Kier alpha value is -0.0800. The minimum atomic E-state index is 0.709. The van der Waals surface area contributed by atoms with Gasteiger partial charge in [0.2, 0.25) is 0 Å². The van der Waals surface area contributed by atoms with Crippen molar-refractivity contribution in [3.63, 3.8) is 0 Å². The van der Waals surface area contributed by atoms with E-state index in [1.165, 1.54) is 71.1 Å². The molecule has 0 unspecified atom stereocenters. The molecule has 2 heteroatoms. The van der Waals surface area contributed by atoms with Gasteiger partial charge in [-0.05, 0) is 64.3 Å². The van der Waals surface area contributed by atoms with Gasteiger partial charge in [0.15, 0.2) is 0 Å². The van der Waals surface area contributed by atoms with E-state index in [0.717, 1.165) is 23.8 Å². The van der Waals surface area contributed by atoms with Crippen molar-refractivity contribution < 1.29 is 0 Å². The highest BCUT2D eigenvalue weighted by atomic mass is 15.3. The maximum Gasteiger partial charge on any atom is 0.0195 e. The third kappa shape index (κ3) is 6.38. The van der Waals surface area contributed by atoms with Gasteiger partial charge in [0, 0.05) is 31.7 Å². The van der Waals surface area contributed by atoms with Gasteiger partial charge >= 0.3 is 0 Å². The van der Waals surface area contributed by atoms with Crippen LogP contribution in [0.2, 0.25) is 0 Å². The molecule has 1 aliphatic heterocycles.